The molecule has 1 aromatic rings. The monoisotopic (exact) mass is 293 g/mol. The number of rotatable bonds is 3. The van der Waals surface area contributed by atoms with Crippen molar-refractivity contribution >= 4 is 33.4 Å². The highest BCUT2D eigenvalue weighted by atomic mass is 79.9. The summed E-state index contributed by atoms with van der Waals surface area (Å²) >= 11 is 8.91. The van der Waals surface area contributed by atoms with Crippen molar-refractivity contribution in [2.24, 2.45) is 0 Å². The van der Waals surface area contributed by atoms with Gasteiger partial charge in [-0.3, -0.25) is 4.79 Å². The van der Waals surface area contributed by atoms with Crippen molar-refractivity contribution in [3.8, 4) is 0 Å². The van der Waals surface area contributed by atoms with Crippen LogP contribution in [0.2, 0.25) is 5.02 Å². The topological polar surface area (TPSA) is 20.3 Å². The summed E-state index contributed by atoms with van der Waals surface area (Å²) in [6.07, 6.45) is 0. The summed E-state index contributed by atoms with van der Waals surface area (Å²) in [5.74, 6) is -0.916. The van der Waals surface area contributed by atoms with Gasteiger partial charge < -0.3 is 4.90 Å². The van der Waals surface area contributed by atoms with E-state index in [1.165, 1.54) is 23.1 Å². The largest absolute Gasteiger partial charge is 0.341 e. The number of benzene rings is 1. The minimum Gasteiger partial charge on any atom is -0.341 e. The molecule has 0 aliphatic carbocycles. The van der Waals surface area contributed by atoms with Gasteiger partial charge in [0.05, 0.1) is 5.56 Å². The lowest BCUT2D eigenvalue weighted by Crippen LogP contribution is -2.29. The molecule has 0 aliphatic heterocycles. The number of carbonyl (C=O) groups is 1. The molecule has 1 aromatic carbocycles. The van der Waals surface area contributed by atoms with Crippen molar-refractivity contribution in [3.63, 3.8) is 0 Å². The first-order chi connectivity index (χ1) is 7.06. The van der Waals surface area contributed by atoms with E-state index in [1.807, 2.05) is 0 Å². The van der Waals surface area contributed by atoms with Crippen LogP contribution in [0, 0.1) is 5.82 Å². The maximum absolute atomic E-state index is 13.3. The number of nitrogens with zero attached hydrogens (tertiary/aromatic N) is 1. The van der Waals surface area contributed by atoms with Crippen LogP contribution in [-0.4, -0.2) is 29.7 Å². The second kappa shape index (κ2) is 5.47. The summed E-state index contributed by atoms with van der Waals surface area (Å²) in [6.45, 7) is 0.519. The Hall–Kier alpha value is -0.610. The molecule has 0 saturated carbocycles. The molecule has 82 valence electrons. The molecule has 0 radical (unpaired) electrons. The Morgan fingerprint density at radius 1 is 1.60 bits per heavy atom. The second-order valence-electron chi connectivity index (χ2n) is 3.04. The minimum atomic E-state index is -0.550. The summed E-state index contributed by atoms with van der Waals surface area (Å²) in [5.41, 5.74) is 0.00551. The molecule has 1 amide bonds. The number of hydrogen-bond acceptors (Lipinski definition) is 1. The highest BCUT2D eigenvalue weighted by Gasteiger charge is 2.15. The van der Waals surface area contributed by atoms with E-state index >= 15 is 0 Å². The van der Waals surface area contributed by atoms with E-state index in [4.69, 9.17) is 11.6 Å². The molecular formula is C10H10BrClFNO. The van der Waals surface area contributed by atoms with Crippen molar-refractivity contribution in [1.82, 2.24) is 4.90 Å². The summed E-state index contributed by atoms with van der Waals surface area (Å²) in [6, 6.07) is 3.94. The lowest BCUT2D eigenvalue weighted by atomic mass is 10.2. The van der Waals surface area contributed by atoms with Crippen LogP contribution >= 0.6 is 27.5 Å². The number of amides is 1. The third kappa shape index (κ3) is 3.18. The van der Waals surface area contributed by atoms with Crippen LogP contribution in [-0.2, 0) is 0 Å². The SMILES string of the molecule is CN(CCBr)C(=O)c1cc(Cl)ccc1F. The molecule has 0 heterocycles. The Morgan fingerprint density at radius 2 is 2.27 bits per heavy atom. The van der Waals surface area contributed by atoms with Crippen LogP contribution in [0.15, 0.2) is 18.2 Å². The van der Waals surface area contributed by atoms with Gasteiger partial charge in [0.25, 0.3) is 5.91 Å². The van der Waals surface area contributed by atoms with Crippen molar-refractivity contribution in [3.05, 3.63) is 34.6 Å². The molecule has 0 aromatic heterocycles. The van der Waals surface area contributed by atoms with Gasteiger partial charge in [-0.05, 0) is 18.2 Å². The summed E-state index contributed by atoms with van der Waals surface area (Å²) in [4.78, 5) is 13.1. The number of alkyl halides is 1. The average molecular weight is 295 g/mol. The lowest BCUT2D eigenvalue weighted by molar-refractivity contribution is 0.0799. The molecule has 0 aliphatic rings. The molecule has 0 bridgehead atoms. The van der Waals surface area contributed by atoms with Gasteiger partial charge in [0, 0.05) is 23.9 Å². The predicted molar refractivity (Wildman–Crippen MR) is 62.2 cm³/mol. The average Bonchev–Trinajstić information content (AvgIpc) is 2.21. The van der Waals surface area contributed by atoms with Gasteiger partial charge >= 0.3 is 0 Å². The first-order valence-corrected chi connectivity index (χ1v) is 5.82. The highest BCUT2D eigenvalue weighted by Crippen LogP contribution is 2.16. The molecule has 1 rings (SSSR count). The van der Waals surface area contributed by atoms with E-state index in [9.17, 15) is 9.18 Å². The zero-order valence-electron chi connectivity index (χ0n) is 8.14. The van der Waals surface area contributed by atoms with Crippen molar-refractivity contribution in [1.29, 1.82) is 0 Å². The van der Waals surface area contributed by atoms with Crippen LogP contribution in [0.1, 0.15) is 10.4 Å². The first kappa shape index (κ1) is 12.5. The first-order valence-electron chi connectivity index (χ1n) is 4.32. The maximum Gasteiger partial charge on any atom is 0.256 e. The van der Waals surface area contributed by atoms with Gasteiger partial charge in [-0.2, -0.15) is 0 Å². The maximum atomic E-state index is 13.3. The smallest absolute Gasteiger partial charge is 0.256 e. The van der Waals surface area contributed by atoms with Gasteiger partial charge in [0.1, 0.15) is 5.82 Å². The fourth-order valence-electron chi connectivity index (χ4n) is 1.10. The predicted octanol–water partition coefficient (Wildman–Crippen LogP) is 2.95. The normalized spacial score (nSPS) is 10.1. The molecule has 0 atom stereocenters. The van der Waals surface area contributed by atoms with Crippen LogP contribution in [0.25, 0.3) is 0 Å². The Bertz CT molecular complexity index is 372. The standard InChI is InChI=1S/C10H10BrClFNO/c1-14(5-4-11)10(15)8-6-7(12)2-3-9(8)13/h2-3,6H,4-5H2,1H3. The van der Waals surface area contributed by atoms with E-state index in [-0.39, 0.29) is 11.5 Å². The summed E-state index contributed by atoms with van der Waals surface area (Å²) in [5, 5.41) is 1.00. The molecule has 0 fully saturated rings. The van der Waals surface area contributed by atoms with Gasteiger partial charge in [0.2, 0.25) is 0 Å². The molecule has 2 nitrogen and oxygen atoms in total. The fraction of sp³-hybridized carbons (Fsp3) is 0.300. The minimum absolute atomic E-state index is 0.00551. The molecule has 0 unspecified atom stereocenters. The summed E-state index contributed by atoms with van der Waals surface area (Å²) in [7, 11) is 1.62. The van der Waals surface area contributed by atoms with E-state index < -0.39 is 5.82 Å². The number of halogens is 3. The van der Waals surface area contributed by atoms with Crippen molar-refractivity contribution < 1.29 is 9.18 Å². The quantitative estimate of drug-likeness (QED) is 0.785. The Morgan fingerprint density at radius 3 is 2.87 bits per heavy atom. The number of carbonyl (C=O) groups excluding carboxylic acids is 1. The van der Waals surface area contributed by atoms with Gasteiger partial charge in [-0.15, -0.1) is 0 Å². The lowest BCUT2D eigenvalue weighted by Gasteiger charge is -2.16. The molecular weight excluding hydrogens is 284 g/mol. The molecule has 0 saturated heterocycles. The van der Waals surface area contributed by atoms with Crippen molar-refractivity contribution in [2.45, 2.75) is 0 Å². The molecule has 0 spiro atoms. The van der Waals surface area contributed by atoms with Gasteiger partial charge in [0.15, 0.2) is 0 Å². The van der Waals surface area contributed by atoms with Crippen LogP contribution in [0.3, 0.4) is 0 Å². The zero-order chi connectivity index (χ0) is 11.4. The summed E-state index contributed by atoms with van der Waals surface area (Å²) < 4.78 is 13.3. The molecule has 5 heteroatoms. The van der Waals surface area contributed by atoms with E-state index in [1.54, 1.807) is 7.05 Å². The highest BCUT2D eigenvalue weighted by molar-refractivity contribution is 9.09. The molecule has 15 heavy (non-hydrogen) atoms. The fourth-order valence-corrected chi connectivity index (χ4v) is 1.80. The van der Waals surface area contributed by atoms with Crippen LogP contribution in [0.4, 0.5) is 4.39 Å². The molecule has 0 N–H and O–H groups in total. The van der Waals surface area contributed by atoms with Crippen LogP contribution in [0.5, 0.6) is 0 Å². The van der Waals surface area contributed by atoms with Gasteiger partial charge in [-0.1, -0.05) is 27.5 Å². The van der Waals surface area contributed by atoms with E-state index in [2.05, 4.69) is 15.9 Å². The Kier molecular flexibility index (Phi) is 4.54. The Labute approximate surface area is 101 Å². The zero-order valence-corrected chi connectivity index (χ0v) is 10.5. The second-order valence-corrected chi connectivity index (χ2v) is 4.27. The number of hydrogen-bond donors (Lipinski definition) is 0. The van der Waals surface area contributed by atoms with E-state index in [0.29, 0.717) is 16.9 Å². The van der Waals surface area contributed by atoms with Crippen molar-refractivity contribution in [2.75, 3.05) is 18.9 Å². The van der Waals surface area contributed by atoms with Gasteiger partial charge in [-0.25, -0.2) is 4.39 Å². The Balaban J connectivity index is 2.95. The third-order valence-corrected chi connectivity index (χ3v) is 2.52. The van der Waals surface area contributed by atoms with Crippen LogP contribution < -0.4 is 0 Å². The van der Waals surface area contributed by atoms with E-state index in [0.717, 1.165) is 0 Å². The third-order valence-electron chi connectivity index (χ3n) is 1.93.